The molecule has 4 nitrogen and oxygen atoms in total. The van der Waals surface area contributed by atoms with Crippen LogP contribution < -0.4 is 10.1 Å². The van der Waals surface area contributed by atoms with E-state index in [0.717, 1.165) is 12.1 Å². The van der Waals surface area contributed by atoms with E-state index < -0.39 is 17.8 Å². The molecule has 7 heteroatoms. The van der Waals surface area contributed by atoms with Gasteiger partial charge in [0.2, 0.25) is 5.91 Å². The van der Waals surface area contributed by atoms with Gasteiger partial charge in [0.05, 0.1) is 11.1 Å². The number of amides is 1. The van der Waals surface area contributed by atoms with Crippen LogP contribution in [0.4, 0.5) is 13.2 Å². The van der Waals surface area contributed by atoms with Gasteiger partial charge in [-0.1, -0.05) is 30.3 Å². The molecule has 1 aliphatic rings. The van der Waals surface area contributed by atoms with E-state index in [-0.39, 0.29) is 24.7 Å². The first-order valence-corrected chi connectivity index (χ1v) is 8.56. The highest BCUT2D eigenvalue weighted by atomic mass is 19.4. The molecule has 0 spiro atoms. The van der Waals surface area contributed by atoms with Crippen molar-refractivity contribution in [3.05, 3.63) is 65.2 Å². The summed E-state index contributed by atoms with van der Waals surface area (Å²) in [7, 11) is 0. The van der Waals surface area contributed by atoms with Crippen LogP contribution in [0.5, 0.6) is 5.75 Å². The predicted molar refractivity (Wildman–Crippen MR) is 92.6 cm³/mol. The molecule has 1 heterocycles. The van der Waals surface area contributed by atoms with E-state index in [1.165, 1.54) is 6.07 Å². The lowest BCUT2D eigenvalue weighted by Gasteiger charge is -2.24. The number of ketones is 1. The van der Waals surface area contributed by atoms with Crippen LogP contribution in [0.2, 0.25) is 0 Å². The maximum absolute atomic E-state index is 12.7. The molecule has 142 valence electrons. The van der Waals surface area contributed by atoms with Gasteiger partial charge in [0.15, 0.2) is 5.78 Å². The Labute approximate surface area is 154 Å². The van der Waals surface area contributed by atoms with E-state index in [1.807, 2.05) is 0 Å². The molecule has 0 saturated carbocycles. The van der Waals surface area contributed by atoms with Crippen LogP contribution in [0.15, 0.2) is 48.5 Å². The highest BCUT2D eigenvalue weighted by Gasteiger charge is 2.31. The number of hydrogen-bond acceptors (Lipinski definition) is 3. The van der Waals surface area contributed by atoms with Crippen molar-refractivity contribution < 1.29 is 27.5 Å². The average Bonchev–Trinajstić information content (AvgIpc) is 2.64. The van der Waals surface area contributed by atoms with Crippen molar-refractivity contribution in [1.29, 1.82) is 0 Å². The summed E-state index contributed by atoms with van der Waals surface area (Å²) < 4.78 is 43.6. The van der Waals surface area contributed by atoms with Crippen LogP contribution >= 0.6 is 0 Å². The molecule has 27 heavy (non-hydrogen) atoms. The van der Waals surface area contributed by atoms with Gasteiger partial charge >= 0.3 is 6.18 Å². The zero-order chi connectivity index (χ0) is 19.4. The molecule has 1 aliphatic heterocycles. The first-order chi connectivity index (χ1) is 12.8. The number of para-hydroxylation sites is 1. The molecule has 1 atom stereocenters. The molecule has 0 saturated heterocycles. The van der Waals surface area contributed by atoms with Gasteiger partial charge < -0.3 is 10.1 Å². The lowest BCUT2D eigenvalue weighted by Crippen LogP contribution is -2.47. The van der Waals surface area contributed by atoms with E-state index >= 15 is 0 Å². The van der Waals surface area contributed by atoms with Crippen LogP contribution in [0.1, 0.15) is 34.3 Å². The van der Waals surface area contributed by atoms with Crippen molar-refractivity contribution >= 4 is 11.7 Å². The maximum Gasteiger partial charge on any atom is 0.416 e. The summed E-state index contributed by atoms with van der Waals surface area (Å²) >= 11 is 0. The Balaban J connectivity index is 1.50. The number of hydrogen-bond donors (Lipinski definition) is 1. The van der Waals surface area contributed by atoms with Gasteiger partial charge in [-0.05, 0) is 36.6 Å². The van der Waals surface area contributed by atoms with Crippen molar-refractivity contribution in [2.75, 3.05) is 6.61 Å². The number of ether oxygens (including phenoxy) is 1. The molecule has 0 fully saturated rings. The summed E-state index contributed by atoms with van der Waals surface area (Å²) in [5, 5.41) is 2.64. The molecule has 3 rings (SSSR count). The van der Waals surface area contributed by atoms with Crippen molar-refractivity contribution in [3.8, 4) is 5.75 Å². The summed E-state index contributed by atoms with van der Waals surface area (Å²) in [6.07, 6.45) is -3.55. The summed E-state index contributed by atoms with van der Waals surface area (Å²) in [5.41, 5.74) is 0.245. The minimum absolute atomic E-state index is 0.0647. The Morgan fingerprint density at radius 2 is 1.93 bits per heavy atom. The van der Waals surface area contributed by atoms with Gasteiger partial charge in [-0.15, -0.1) is 0 Å². The third-order valence-corrected chi connectivity index (χ3v) is 4.33. The number of fused-ring (bicyclic) bond motifs is 1. The number of Topliss-reactive ketones (excluding diaryl/α,β-unsaturated/α-hetero) is 1. The Kier molecular flexibility index (Phi) is 5.48. The molecule has 0 bridgehead atoms. The fraction of sp³-hybridized carbons (Fsp3) is 0.300. The number of nitrogens with one attached hydrogen (secondary N) is 1. The Morgan fingerprint density at radius 1 is 1.15 bits per heavy atom. The number of aryl methyl sites for hydroxylation is 1. The predicted octanol–water partition coefficient (Wildman–Crippen LogP) is 3.79. The van der Waals surface area contributed by atoms with Crippen LogP contribution in [0.3, 0.4) is 0 Å². The summed E-state index contributed by atoms with van der Waals surface area (Å²) in [4.78, 5) is 24.5. The molecule has 2 aromatic carbocycles. The Hall–Kier alpha value is -2.83. The zero-order valence-corrected chi connectivity index (χ0v) is 14.4. The SMILES string of the molecule is O=C(CCCc1cccc(C(F)(F)F)c1)NC1COc2ccccc2C1=O. The van der Waals surface area contributed by atoms with Crippen molar-refractivity contribution in [1.82, 2.24) is 5.32 Å². The molecular formula is C20H18F3NO3. The zero-order valence-electron chi connectivity index (χ0n) is 14.4. The number of carbonyl (C=O) groups is 2. The molecular weight excluding hydrogens is 359 g/mol. The minimum Gasteiger partial charge on any atom is -0.490 e. The fourth-order valence-corrected chi connectivity index (χ4v) is 2.96. The highest BCUT2D eigenvalue weighted by Crippen LogP contribution is 2.29. The molecule has 1 unspecified atom stereocenters. The van der Waals surface area contributed by atoms with E-state index in [4.69, 9.17) is 4.74 Å². The summed E-state index contributed by atoms with van der Waals surface area (Å²) in [6.45, 7) is 0.0647. The van der Waals surface area contributed by atoms with Gasteiger partial charge in [0.25, 0.3) is 0 Å². The second-order valence-electron chi connectivity index (χ2n) is 6.34. The van der Waals surface area contributed by atoms with E-state index in [2.05, 4.69) is 5.32 Å². The number of rotatable bonds is 5. The monoisotopic (exact) mass is 377 g/mol. The normalized spacial score (nSPS) is 16.4. The third kappa shape index (κ3) is 4.67. The van der Waals surface area contributed by atoms with Gasteiger partial charge in [-0.25, -0.2) is 0 Å². The van der Waals surface area contributed by atoms with Crippen molar-refractivity contribution in [2.45, 2.75) is 31.5 Å². The largest absolute Gasteiger partial charge is 0.490 e. The summed E-state index contributed by atoms with van der Waals surface area (Å²) in [5.74, 6) is -0.0380. The van der Waals surface area contributed by atoms with Crippen LogP contribution in [0, 0.1) is 0 Å². The first-order valence-electron chi connectivity index (χ1n) is 8.56. The standard InChI is InChI=1S/C20H18F3NO3/c21-20(22,23)14-7-3-5-13(11-14)6-4-10-18(25)24-16-12-27-17-9-2-1-8-15(17)19(16)26/h1-3,5,7-9,11,16H,4,6,10,12H2,(H,24,25). The smallest absolute Gasteiger partial charge is 0.416 e. The number of carbonyl (C=O) groups excluding carboxylic acids is 2. The minimum atomic E-state index is -4.38. The first kappa shape index (κ1) is 18.9. The average molecular weight is 377 g/mol. The lowest BCUT2D eigenvalue weighted by molar-refractivity contribution is -0.137. The second kappa shape index (κ2) is 7.82. The Morgan fingerprint density at radius 3 is 2.70 bits per heavy atom. The molecule has 0 aromatic heterocycles. The van der Waals surface area contributed by atoms with Crippen LogP contribution in [-0.2, 0) is 17.4 Å². The number of alkyl halides is 3. The van der Waals surface area contributed by atoms with Crippen LogP contribution in [-0.4, -0.2) is 24.3 Å². The molecule has 1 amide bonds. The number of benzene rings is 2. The topological polar surface area (TPSA) is 55.4 Å². The summed E-state index contributed by atoms with van der Waals surface area (Å²) in [6, 6.07) is 11.1. The fourth-order valence-electron chi connectivity index (χ4n) is 2.96. The highest BCUT2D eigenvalue weighted by molar-refractivity contribution is 6.04. The number of halogens is 3. The van der Waals surface area contributed by atoms with Gasteiger partial charge in [-0.3, -0.25) is 9.59 Å². The molecule has 0 radical (unpaired) electrons. The van der Waals surface area contributed by atoms with E-state index in [9.17, 15) is 22.8 Å². The van der Waals surface area contributed by atoms with Gasteiger partial charge in [0, 0.05) is 6.42 Å². The van der Waals surface area contributed by atoms with E-state index in [1.54, 1.807) is 30.3 Å². The molecule has 1 N–H and O–H groups in total. The third-order valence-electron chi connectivity index (χ3n) is 4.33. The quantitative estimate of drug-likeness (QED) is 0.863. The maximum atomic E-state index is 12.7. The molecule has 2 aromatic rings. The van der Waals surface area contributed by atoms with E-state index in [0.29, 0.717) is 29.7 Å². The van der Waals surface area contributed by atoms with Crippen LogP contribution in [0.25, 0.3) is 0 Å². The lowest BCUT2D eigenvalue weighted by atomic mass is 10.0. The second-order valence-corrected chi connectivity index (χ2v) is 6.34. The van der Waals surface area contributed by atoms with Gasteiger partial charge in [-0.2, -0.15) is 13.2 Å². The Bertz CT molecular complexity index is 848. The van der Waals surface area contributed by atoms with Crippen molar-refractivity contribution in [2.24, 2.45) is 0 Å². The molecule has 0 aliphatic carbocycles. The van der Waals surface area contributed by atoms with Crippen molar-refractivity contribution in [3.63, 3.8) is 0 Å². The van der Waals surface area contributed by atoms with Gasteiger partial charge in [0.1, 0.15) is 18.4 Å².